The third-order valence-electron chi connectivity index (χ3n) is 4.71. The fourth-order valence-electron chi connectivity index (χ4n) is 3.07. The van der Waals surface area contributed by atoms with Gasteiger partial charge in [0.15, 0.2) is 11.7 Å². The molecule has 0 atom stereocenters. The van der Waals surface area contributed by atoms with E-state index < -0.39 is 0 Å². The lowest BCUT2D eigenvalue weighted by atomic mass is 10.1. The largest absolute Gasteiger partial charge is 0.441 e. The number of amides is 1. The van der Waals surface area contributed by atoms with Crippen LogP contribution in [0.25, 0.3) is 11.3 Å². The third kappa shape index (κ3) is 7.48. The summed E-state index contributed by atoms with van der Waals surface area (Å²) in [6.07, 6.45) is 3.39. The summed E-state index contributed by atoms with van der Waals surface area (Å²) >= 11 is 0. The van der Waals surface area contributed by atoms with Crippen LogP contribution in [0.15, 0.2) is 65.2 Å². The van der Waals surface area contributed by atoms with E-state index in [0.717, 1.165) is 17.7 Å². The van der Waals surface area contributed by atoms with Gasteiger partial charge < -0.3 is 15.1 Å². The van der Waals surface area contributed by atoms with Crippen LogP contribution in [0.2, 0.25) is 0 Å². The number of halogens is 2. The Labute approximate surface area is 190 Å². The highest BCUT2D eigenvalue weighted by atomic mass is 35.5. The monoisotopic (exact) mass is 449 g/mol. The Kier molecular flexibility index (Phi) is 11.2. The number of oxazole rings is 1. The molecule has 1 heterocycles. The molecule has 30 heavy (non-hydrogen) atoms. The number of hydrogen-bond acceptors (Lipinski definition) is 4. The number of hydrogen-bond donors (Lipinski definition) is 1. The molecule has 0 bridgehead atoms. The molecule has 2 aromatic carbocycles. The lowest BCUT2D eigenvalue weighted by Gasteiger charge is -2.22. The van der Waals surface area contributed by atoms with Gasteiger partial charge in [0.05, 0.1) is 6.20 Å². The van der Waals surface area contributed by atoms with Crippen molar-refractivity contribution in [2.24, 2.45) is 5.73 Å². The average molecular weight is 450 g/mol. The average Bonchev–Trinajstić information content (AvgIpc) is 3.19. The number of benzene rings is 2. The predicted octanol–water partition coefficient (Wildman–Crippen LogP) is 4.46. The molecular formula is C23H29Cl2N3O2. The number of carbonyl (C=O) groups excluding carboxylic acids is 1. The number of aryl methyl sites for hydroxylation is 2. The highest BCUT2D eigenvalue weighted by Gasteiger charge is 2.15. The van der Waals surface area contributed by atoms with Gasteiger partial charge in [-0.1, -0.05) is 60.2 Å². The Morgan fingerprint density at radius 1 is 1.00 bits per heavy atom. The first-order chi connectivity index (χ1) is 13.7. The second kappa shape index (κ2) is 13.1. The number of aromatic nitrogens is 1. The van der Waals surface area contributed by atoms with Crippen LogP contribution in [0.1, 0.15) is 23.4 Å². The summed E-state index contributed by atoms with van der Waals surface area (Å²) in [4.78, 5) is 18.8. The van der Waals surface area contributed by atoms with Crippen LogP contribution < -0.4 is 5.73 Å². The first-order valence-corrected chi connectivity index (χ1v) is 9.69. The zero-order valence-corrected chi connectivity index (χ0v) is 18.8. The summed E-state index contributed by atoms with van der Waals surface area (Å²) in [5.41, 5.74) is 9.10. The minimum absolute atomic E-state index is 0. The van der Waals surface area contributed by atoms with Crippen LogP contribution in [0, 0.1) is 6.92 Å². The molecule has 0 aliphatic rings. The van der Waals surface area contributed by atoms with Crippen LogP contribution >= 0.6 is 24.8 Å². The quantitative estimate of drug-likeness (QED) is 0.523. The lowest BCUT2D eigenvalue weighted by Crippen LogP contribution is -2.37. The normalized spacial score (nSPS) is 10.1. The van der Waals surface area contributed by atoms with Gasteiger partial charge in [-0.15, -0.1) is 24.8 Å². The Morgan fingerprint density at radius 2 is 1.70 bits per heavy atom. The van der Waals surface area contributed by atoms with Crippen molar-refractivity contribution in [1.29, 1.82) is 0 Å². The molecule has 162 valence electrons. The van der Waals surface area contributed by atoms with Crippen LogP contribution in [0.3, 0.4) is 0 Å². The van der Waals surface area contributed by atoms with Crippen molar-refractivity contribution < 1.29 is 9.21 Å². The molecule has 0 saturated heterocycles. The lowest BCUT2D eigenvalue weighted by molar-refractivity contribution is -0.131. The van der Waals surface area contributed by atoms with Gasteiger partial charge in [-0.2, -0.15) is 0 Å². The van der Waals surface area contributed by atoms with Crippen LogP contribution in [0.4, 0.5) is 0 Å². The molecule has 3 rings (SSSR count). The van der Waals surface area contributed by atoms with E-state index in [0.29, 0.717) is 38.4 Å². The minimum Gasteiger partial charge on any atom is -0.441 e. The van der Waals surface area contributed by atoms with Crippen molar-refractivity contribution in [3.8, 4) is 11.3 Å². The topological polar surface area (TPSA) is 72.4 Å². The van der Waals surface area contributed by atoms with Crippen molar-refractivity contribution in [3.63, 3.8) is 0 Å². The Balaban J connectivity index is 0.00000225. The molecule has 0 saturated carbocycles. The molecule has 0 aliphatic carbocycles. The van der Waals surface area contributed by atoms with Crippen molar-refractivity contribution in [2.75, 3.05) is 19.6 Å². The van der Waals surface area contributed by atoms with E-state index in [-0.39, 0.29) is 30.7 Å². The van der Waals surface area contributed by atoms with E-state index in [2.05, 4.69) is 17.1 Å². The van der Waals surface area contributed by atoms with Gasteiger partial charge in [0.1, 0.15) is 0 Å². The Hall–Kier alpha value is -2.34. The third-order valence-corrected chi connectivity index (χ3v) is 4.71. The summed E-state index contributed by atoms with van der Waals surface area (Å²) in [6, 6.07) is 18.3. The van der Waals surface area contributed by atoms with Gasteiger partial charge in [-0.3, -0.25) is 4.79 Å². The van der Waals surface area contributed by atoms with E-state index in [1.165, 1.54) is 11.1 Å². The van der Waals surface area contributed by atoms with Crippen molar-refractivity contribution >= 4 is 30.7 Å². The predicted molar refractivity (Wildman–Crippen MR) is 125 cm³/mol. The second-order valence-corrected chi connectivity index (χ2v) is 6.89. The molecule has 0 aliphatic heterocycles. The van der Waals surface area contributed by atoms with E-state index >= 15 is 0 Å². The number of nitrogens with zero attached hydrogens (tertiary/aromatic N) is 2. The number of nitrogens with two attached hydrogens (primary N) is 1. The molecule has 5 nitrogen and oxygen atoms in total. The first kappa shape index (κ1) is 25.7. The van der Waals surface area contributed by atoms with E-state index in [4.69, 9.17) is 10.2 Å². The Morgan fingerprint density at radius 3 is 2.37 bits per heavy atom. The molecule has 7 heteroatoms. The van der Waals surface area contributed by atoms with Gasteiger partial charge in [0, 0.05) is 38.0 Å². The highest BCUT2D eigenvalue weighted by molar-refractivity contribution is 5.85. The summed E-state index contributed by atoms with van der Waals surface area (Å²) in [7, 11) is 0. The zero-order valence-electron chi connectivity index (χ0n) is 17.1. The number of rotatable bonds is 9. The van der Waals surface area contributed by atoms with Gasteiger partial charge in [-0.05, 0) is 18.9 Å². The smallest absolute Gasteiger partial charge is 0.223 e. The van der Waals surface area contributed by atoms with Gasteiger partial charge in [-0.25, -0.2) is 4.98 Å². The fourth-order valence-corrected chi connectivity index (χ4v) is 3.07. The summed E-state index contributed by atoms with van der Waals surface area (Å²) < 4.78 is 5.82. The maximum absolute atomic E-state index is 12.6. The van der Waals surface area contributed by atoms with Gasteiger partial charge >= 0.3 is 0 Å². The molecule has 3 aromatic rings. The maximum atomic E-state index is 12.6. The highest BCUT2D eigenvalue weighted by Crippen LogP contribution is 2.21. The molecule has 1 amide bonds. The van der Waals surface area contributed by atoms with Crippen LogP contribution in [-0.2, 0) is 17.6 Å². The fraction of sp³-hybridized carbons (Fsp3) is 0.304. The standard InChI is InChI=1S/C23H27N3O2.2ClH/c1-18-7-9-20(10-8-18)21-17-25-22(28-21)11-12-23(27)26(16-14-24)15-13-19-5-3-2-4-6-19;;/h2-10,17H,11-16,24H2,1H3;2*1H. The summed E-state index contributed by atoms with van der Waals surface area (Å²) in [6.45, 7) is 3.73. The van der Waals surface area contributed by atoms with Crippen molar-refractivity contribution in [2.45, 2.75) is 26.2 Å². The van der Waals surface area contributed by atoms with Crippen LogP contribution in [-0.4, -0.2) is 35.4 Å². The molecule has 0 radical (unpaired) electrons. The number of carbonyl (C=O) groups is 1. The first-order valence-electron chi connectivity index (χ1n) is 9.69. The molecule has 0 spiro atoms. The van der Waals surface area contributed by atoms with Crippen LogP contribution in [0.5, 0.6) is 0 Å². The van der Waals surface area contributed by atoms with E-state index in [1.807, 2.05) is 54.3 Å². The summed E-state index contributed by atoms with van der Waals surface area (Å²) in [5, 5.41) is 0. The van der Waals surface area contributed by atoms with E-state index in [9.17, 15) is 4.79 Å². The Bertz CT molecular complexity index is 883. The van der Waals surface area contributed by atoms with Crippen molar-refractivity contribution in [1.82, 2.24) is 9.88 Å². The molecular weight excluding hydrogens is 421 g/mol. The SMILES string of the molecule is Cc1ccc(-c2cnc(CCC(=O)N(CCN)CCc3ccccc3)o2)cc1.Cl.Cl. The second-order valence-electron chi connectivity index (χ2n) is 6.89. The van der Waals surface area contributed by atoms with E-state index in [1.54, 1.807) is 6.20 Å². The minimum atomic E-state index is 0. The van der Waals surface area contributed by atoms with Crippen molar-refractivity contribution in [3.05, 3.63) is 77.8 Å². The van der Waals surface area contributed by atoms with Gasteiger partial charge in [0.2, 0.25) is 5.91 Å². The molecule has 0 unspecified atom stereocenters. The zero-order chi connectivity index (χ0) is 19.8. The molecule has 0 fully saturated rings. The molecule has 1 aromatic heterocycles. The summed E-state index contributed by atoms with van der Waals surface area (Å²) in [5.74, 6) is 1.39. The van der Waals surface area contributed by atoms with Gasteiger partial charge in [0.25, 0.3) is 0 Å². The molecule has 2 N–H and O–H groups in total. The maximum Gasteiger partial charge on any atom is 0.223 e.